The fraction of sp³-hybridized carbons (Fsp3) is 0.286. The van der Waals surface area contributed by atoms with Gasteiger partial charge in [0.1, 0.15) is 0 Å². The van der Waals surface area contributed by atoms with Gasteiger partial charge >= 0.3 is 0 Å². The Balaban J connectivity index is 2.17. The van der Waals surface area contributed by atoms with Crippen molar-refractivity contribution in [1.29, 1.82) is 0 Å². The van der Waals surface area contributed by atoms with Crippen molar-refractivity contribution in [3.63, 3.8) is 0 Å². The van der Waals surface area contributed by atoms with Crippen LogP contribution in [-0.2, 0) is 6.54 Å². The third-order valence-corrected chi connectivity index (χ3v) is 4.02. The summed E-state index contributed by atoms with van der Waals surface area (Å²) in [6.45, 7) is 4.68. The summed E-state index contributed by atoms with van der Waals surface area (Å²) in [7, 11) is 1.64. The maximum absolute atomic E-state index is 11.7. The van der Waals surface area contributed by atoms with Crippen molar-refractivity contribution < 1.29 is 4.79 Å². The molecule has 1 amide bonds. The summed E-state index contributed by atoms with van der Waals surface area (Å²) in [5.74, 6) is -0.0601. The van der Waals surface area contributed by atoms with Gasteiger partial charge in [-0.05, 0) is 31.5 Å². The Morgan fingerprint density at radius 2 is 2.16 bits per heavy atom. The van der Waals surface area contributed by atoms with Crippen molar-refractivity contribution in [2.24, 2.45) is 0 Å². The molecule has 0 fully saturated rings. The van der Waals surface area contributed by atoms with Crippen LogP contribution < -0.4 is 10.6 Å². The average molecular weight is 275 g/mol. The topological polar surface area (TPSA) is 54.0 Å². The number of thiazole rings is 1. The van der Waals surface area contributed by atoms with Gasteiger partial charge in [-0.3, -0.25) is 4.79 Å². The molecule has 1 aromatic heterocycles. The number of aryl methyl sites for hydroxylation is 1. The number of rotatable bonds is 4. The summed E-state index contributed by atoms with van der Waals surface area (Å²) in [6, 6.07) is 5.70. The summed E-state index contributed by atoms with van der Waals surface area (Å²) < 4.78 is 0. The minimum Gasteiger partial charge on any atom is -0.380 e. The smallest absolute Gasteiger partial charge is 0.251 e. The van der Waals surface area contributed by atoms with Crippen LogP contribution in [0.4, 0.5) is 5.69 Å². The number of amides is 1. The van der Waals surface area contributed by atoms with Gasteiger partial charge in [0.2, 0.25) is 0 Å². The highest BCUT2D eigenvalue weighted by molar-refractivity contribution is 7.09. The molecular weight excluding hydrogens is 258 g/mol. The summed E-state index contributed by atoms with van der Waals surface area (Å²) in [5, 5.41) is 6.02. The molecule has 0 aliphatic carbocycles. The van der Waals surface area contributed by atoms with Crippen molar-refractivity contribution in [1.82, 2.24) is 10.3 Å². The number of nitrogens with zero attached hydrogens (tertiary/aromatic N) is 1. The molecule has 0 aliphatic heterocycles. The molecule has 0 saturated heterocycles. The van der Waals surface area contributed by atoms with Gasteiger partial charge < -0.3 is 10.6 Å². The lowest BCUT2D eigenvalue weighted by Gasteiger charge is -2.12. The number of hydrogen-bond donors (Lipinski definition) is 2. The molecule has 5 heteroatoms. The molecule has 4 nitrogen and oxygen atoms in total. The Morgan fingerprint density at radius 1 is 1.37 bits per heavy atom. The standard InChI is InChI=1S/C14H17N3OS/c1-9-11(14(18)15-3)5-4-6-12(9)16-7-13-10(2)17-8-19-13/h4-6,8,16H,7H2,1-3H3,(H,15,18). The van der Waals surface area contributed by atoms with Crippen LogP contribution >= 0.6 is 11.3 Å². The van der Waals surface area contributed by atoms with E-state index in [1.807, 2.05) is 37.6 Å². The minimum atomic E-state index is -0.0601. The Bertz CT molecular complexity index is 592. The maximum atomic E-state index is 11.7. The molecule has 0 atom stereocenters. The Hall–Kier alpha value is -1.88. The van der Waals surface area contributed by atoms with E-state index in [0.717, 1.165) is 23.5 Å². The lowest BCUT2D eigenvalue weighted by Crippen LogP contribution is -2.19. The Morgan fingerprint density at radius 3 is 2.79 bits per heavy atom. The molecule has 1 aromatic carbocycles. The van der Waals surface area contributed by atoms with Gasteiger partial charge in [-0.25, -0.2) is 4.98 Å². The normalized spacial score (nSPS) is 10.3. The van der Waals surface area contributed by atoms with E-state index < -0.39 is 0 Å². The van der Waals surface area contributed by atoms with Crippen molar-refractivity contribution in [2.45, 2.75) is 20.4 Å². The van der Waals surface area contributed by atoms with E-state index in [2.05, 4.69) is 15.6 Å². The highest BCUT2D eigenvalue weighted by Gasteiger charge is 2.10. The Labute approximate surface area is 116 Å². The second-order valence-electron chi connectivity index (χ2n) is 4.27. The van der Waals surface area contributed by atoms with Gasteiger partial charge in [0.15, 0.2) is 0 Å². The first-order valence-electron chi connectivity index (χ1n) is 6.08. The number of carbonyl (C=O) groups is 1. The molecule has 100 valence electrons. The highest BCUT2D eigenvalue weighted by Crippen LogP contribution is 2.21. The van der Waals surface area contributed by atoms with Crippen LogP contribution in [0.5, 0.6) is 0 Å². The molecule has 2 rings (SSSR count). The molecule has 2 aromatic rings. The largest absolute Gasteiger partial charge is 0.380 e. The van der Waals surface area contributed by atoms with Crippen LogP contribution in [0.2, 0.25) is 0 Å². The van der Waals surface area contributed by atoms with E-state index in [-0.39, 0.29) is 5.91 Å². The van der Waals surface area contributed by atoms with Crippen molar-refractivity contribution in [3.8, 4) is 0 Å². The zero-order chi connectivity index (χ0) is 13.8. The van der Waals surface area contributed by atoms with Crippen LogP contribution in [0.1, 0.15) is 26.5 Å². The molecule has 0 unspecified atom stereocenters. The Kier molecular flexibility index (Phi) is 4.16. The summed E-state index contributed by atoms with van der Waals surface area (Å²) in [4.78, 5) is 17.2. The average Bonchev–Trinajstić information content (AvgIpc) is 2.82. The first kappa shape index (κ1) is 13.5. The van der Waals surface area contributed by atoms with Crippen molar-refractivity contribution in [3.05, 3.63) is 45.4 Å². The van der Waals surface area contributed by atoms with Gasteiger partial charge in [-0.2, -0.15) is 0 Å². The summed E-state index contributed by atoms with van der Waals surface area (Å²) in [5.41, 5.74) is 5.55. The molecule has 0 aliphatic rings. The van der Waals surface area contributed by atoms with E-state index in [9.17, 15) is 4.79 Å². The van der Waals surface area contributed by atoms with E-state index >= 15 is 0 Å². The molecule has 0 bridgehead atoms. The molecule has 2 N–H and O–H groups in total. The second-order valence-corrected chi connectivity index (χ2v) is 5.21. The third-order valence-electron chi connectivity index (χ3n) is 3.09. The third kappa shape index (κ3) is 2.93. The molecule has 0 spiro atoms. The molecule has 0 saturated carbocycles. The van der Waals surface area contributed by atoms with E-state index in [4.69, 9.17) is 0 Å². The number of anilines is 1. The van der Waals surface area contributed by atoms with Crippen LogP contribution in [0.15, 0.2) is 23.7 Å². The summed E-state index contributed by atoms with van der Waals surface area (Å²) in [6.07, 6.45) is 0. The predicted molar refractivity (Wildman–Crippen MR) is 78.7 cm³/mol. The first-order chi connectivity index (χ1) is 9.13. The fourth-order valence-corrected chi connectivity index (χ4v) is 2.60. The van der Waals surface area contributed by atoms with Gasteiger partial charge in [-0.1, -0.05) is 6.07 Å². The van der Waals surface area contributed by atoms with Crippen LogP contribution in [0.3, 0.4) is 0 Å². The molecule has 19 heavy (non-hydrogen) atoms. The molecule has 1 heterocycles. The lowest BCUT2D eigenvalue weighted by molar-refractivity contribution is 0.0962. The van der Waals surface area contributed by atoms with Crippen LogP contribution in [-0.4, -0.2) is 17.9 Å². The van der Waals surface area contributed by atoms with Crippen LogP contribution in [0.25, 0.3) is 0 Å². The van der Waals surface area contributed by atoms with Crippen molar-refractivity contribution in [2.75, 3.05) is 12.4 Å². The van der Waals surface area contributed by atoms with Gasteiger partial charge in [-0.15, -0.1) is 11.3 Å². The van der Waals surface area contributed by atoms with Gasteiger partial charge in [0, 0.05) is 23.2 Å². The van der Waals surface area contributed by atoms with Crippen LogP contribution in [0, 0.1) is 13.8 Å². The fourth-order valence-electron chi connectivity index (χ4n) is 1.88. The van der Waals surface area contributed by atoms with E-state index in [1.54, 1.807) is 18.4 Å². The first-order valence-corrected chi connectivity index (χ1v) is 6.96. The highest BCUT2D eigenvalue weighted by atomic mass is 32.1. The predicted octanol–water partition coefficient (Wildman–Crippen LogP) is 2.73. The van der Waals surface area contributed by atoms with Gasteiger partial charge in [0.05, 0.1) is 17.7 Å². The number of nitrogens with one attached hydrogen (secondary N) is 2. The van der Waals surface area contributed by atoms with E-state index in [0.29, 0.717) is 5.56 Å². The molecule has 0 radical (unpaired) electrons. The monoisotopic (exact) mass is 275 g/mol. The number of benzene rings is 1. The summed E-state index contributed by atoms with van der Waals surface area (Å²) >= 11 is 1.64. The maximum Gasteiger partial charge on any atom is 0.251 e. The number of aromatic nitrogens is 1. The quantitative estimate of drug-likeness (QED) is 0.902. The van der Waals surface area contributed by atoms with Gasteiger partial charge in [0.25, 0.3) is 5.91 Å². The van der Waals surface area contributed by atoms with E-state index in [1.165, 1.54) is 4.88 Å². The second kappa shape index (κ2) is 5.84. The SMILES string of the molecule is CNC(=O)c1cccc(NCc2scnc2C)c1C. The lowest BCUT2D eigenvalue weighted by atomic mass is 10.1. The number of carbonyl (C=O) groups excluding carboxylic acids is 1. The van der Waals surface area contributed by atoms with Crippen molar-refractivity contribution >= 4 is 22.9 Å². The molecular formula is C14H17N3OS. The number of hydrogen-bond acceptors (Lipinski definition) is 4. The zero-order valence-electron chi connectivity index (χ0n) is 11.3. The zero-order valence-corrected chi connectivity index (χ0v) is 12.1. The minimum absolute atomic E-state index is 0.0601.